The number of ether oxygens (including phenoxy) is 1. The van der Waals surface area contributed by atoms with Gasteiger partial charge in [-0.1, -0.05) is 12.1 Å². The molecule has 116 valence electrons. The highest BCUT2D eigenvalue weighted by atomic mass is 16.5. The number of aryl methyl sites for hydroxylation is 1. The third-order valence-electron chi connectivity index (χ3n) is 3.00. The third kappa shape index (κ3) is 4.82. The first-order valence-electron chi connectivity index (χ1n) is 7.12. The molecule has 0 aliphatic carbocycles. The first kappa shape index (κ1) is 15.9. The highest BCUT2D eigenvalue weighted by Crippen LogP contribution is 2.15. The number of aromatic nitrogens is 2. The third-order valence-corrected chi connectivity index (χ3v) is 3.00. The van der Waals surface area contributed by atoms with Crippen molar-refractivity contribution in [2.75, 3.05) is 25.6 Å². The van der Waals surface area contributed by atoms with Crippen molar-refractivity contribution < 1.29 is 9.53 Å². The lowest BCUT2D eigenvalue weighted by Gasteiger charge is -2.08. The summed E-state index contributed by atoms with van der Waals surface area (Å²) in [7, 11) is 1.63. The minimum absolute atomic E-state index is 0.217. The maximum atomic E-state index is 12.0. The molecule has 22 heavy (non-hydrogen) atoms. The summed E-state index contributed by atoms with van der Waals surface area (Å²) in [5.41, 5.74) is 2.41. The van der Waals surface area contributed by atoms with Gasteiger partial charge in [0.25, 0.3) is 5.91 Å². The first-order valence-corrected chi connectivity index (χ1v) is 7.12. The predicted molar refractivity (Wildman–Crippen MR) is 85.3 cm³/mol. The first-order chi connectivity index (χ1) is 10.7. The standard InChI is InChI=1S/C16H20N4O2/c1-12-5-3-6-13(9-12)20-15-10-14(18-11-19-15)16(21)17-7-4-8-22-2/h3,5-6,9-11H,4,7-8H2,1-2H3,(H,17,21)(H,18,19,20). The molecular weight excluding hydrogens is 280 g/mol. The molecule has 0 aliphatic rings. The molecule has 0 aliphatic heterocycles. The topological polar surface area (TPSA) is 76.1 Å². The minimum atomic E-state index is -0.217. The molecule has 0 bridgehead atoms. The lowest BCUT2D eigenvalue weighted by atomic mass is 10.2. The van der Waals surface area contributed by atoms with E-state index in [0.717, 1.165) is 17.7 Å². The van der Waals surface area contributed by atoms with Crippen LogP contribution in [0.25, 0.3) is 0 Å². The highest BCUT2D eigenvalue weighted by molar-refractivity contribution is 5.92. The summed E-state index contributed by atoms with van der Waals surface area (Å²) < 4.78 is 4.94. The number of anilines is 2. The maximum Gasteiger partial charge on any atom is 0.270 e. The Morgan fingerprint density at radius 2 is 2.14 bits per heavy atom. The van der Waals surface area contributed by atoms with Gasteiger partial charge in [0.15, 0.2) is 0 Å². The van der Waals surface area contributed by atoms with E-state index in [4.69, 9.17) is 4.74 Å². The van der Waals surface area contributed by atoms with Gasteiger partial charge in [0.05, 0.1) is 0 Å². The van der Waals surface area contributed by atoms with Crippen LogP contribution in [0.15, 0.2) is 36.7 Å². The van der Waals surface area contributed by atoms with E-state index in [0.29, 0.717) is 24.7 Å². The average molecular weight is 300 g/mol. The Morgan fingerprint density at radius 3 is 2.91 bits per heavy atom. The van der Waals surface area contributed by atoms with E-state index in [9.17, 15) is 4.79 Å². The van der Waals surface area contributed by atoms with Crippen LogP contribution in [0.5, 0.6) is 0 Å². The fourth-order valence-corrected chi connectivity index (χ4v) is 1.93. The van der Waals surface area contributed by atoms with E-state index in [1.165, 1.54) is 6.33 Å². The van der Waals surface area contributed by atoms with E-state index in [-0.39, 0.29) is 5.91 Å². The van der Waals surface area contributed by atoms with Crippen LogP contribution in [-0.2, 0) is 4.74 Å². The average Bonchev–Trinajstić information content (AvgIpc) is 2.52. The summed E-state index contributed by atoms with van der Waals surface area (Å²) in [6.07, 6.45) is 2.14. The smallest absolute Gasteiger partial charge is 0.270 e. The molecule has 2 aromatic rings. The van der Waals surface area contributed by atoms with Crippen molar-refractivity contribution in [2.24, 2.45) is 0 Å². The Labute approximate surface area is 129 Å². The fraction of sp³-hybridized carbons (Fsp3) is 0.312. The zero-order chi connectivity index (χ0) is 15.8. The molecule has 0 radical (unpaired) electrons. The number of nitrogens with zero attached hydrogens (tertiary/aromatic N) is 2. The molecule has 6 heteroatoms. The van der Waals surface area contributed by atoms with Gasteiger partial charge >= 0.3 is 0 Å². The Morgan fingerprint density at radius 1 is 1.27 bits per heavy atom. The zero-order valence-corrected chi connectivity index (χ0v) is 12.8. The fourth-order valence-electron chi connectivity index (χ4n) is 1.93. The van der Waals surface area contributed by atoms with Gasteiger partial charge in [-0.3, -0.25) is 4.79 Å². The number of hydrogen-bond donors (Lipinski definition) is 2. The monoisotopic (exact) mass is 300 g/mol. The maximum absolute atomic E-state index is 12.0. The lowest BCUT2D eigenvalue weighted by molar-refractivity contribution is 0.0943. The van der Waals surface area contributed by atoms with Crippen molar-refractivity contribution in [3.63, 3.8) is 0 Å². The summed E-state index contributed by atoms with van der Waals surface area (Å²) >= 11 is 0. The van der Waals surface area contributed by atoms with Gasteiger partial charge in [-0.25, -0.2) is 9.97 Å². The van der Waals surface area contributed by atoms with Crippen molar-refractivity contribution in [2.45, 2.75) is 13.3 Å². The van der Waals surface area contributed by atoms with Crippen LogP contribution in [-0.4, -0.2) is 36.1 Å². The number of carbonyl (C=O) groups is 1. The molecule has 2 rings (SSSR count). The number of carbonyl (C=O) groups excluding carboxylic acids is 1. The van der Waals surface area contributed by atoms with Gasteiger partial charge in [0, 0.05) is 32.0 Å². The largest absolute Gasteiger partial charge is 0.385 e. The van der Waals surface area contributed by atoms with Crippen molar-refractivity contribution in [3.8, 4) is 0 Å². The number of benzene rings is 1. The molecule has 0 saturated heterocycles. The van der Waals surface area contributed by atoms with Gasteiger partial charge in [-0.15, -0.1) is 0 Å². The zero-order valence-electron chi connectivity index (χ0n) is 12.8. The van der Waals surface area contributed by atoms with Crippen molar-refractivity contribution >= 4 is 17.4 Å². The van der Waals surface area contributed by atoms with Crippen LogP contribution in [0.4, 0.5) is 11.5 Å². The Bertz CT molecular complexity index is 631. The molecule has 0 spiro atoms. The molecule has 1 aromatic carbocycles. The lowest BCUT2D eigenvalue weighted by Crippen LogP contribution is -2.26. The summed E-state index contributed by atoms with van der Waals surface area (Å²) in [5, 5.41) is 5.96. The van der Waals surface area contributed by atoms with Crippen LogP contribution in [0.3, 0.4) is 0 Å². The van der Waals surface area contributed by atoms with Gasteiger partial charge < -0.3 is 15.4 Å². The molecule has 6 nitrogen and oxygen atoms in total. The molecule has 1 heterocycles. The van der Waals surface area contributed by atoms with Crippen molar-refractivity contribution in [3.05, 3.63) is 47.9 Å². The molecule has 2 N–H and O–H groups in total. The Kier molecular flexibility index (Phi) is 5.85. The van der Waals surface area contributed by atoms with E-state index < -0.39 is 0 Å². The van der Waals surface area contributed by atoms with Crippen LogP contribution in [0.2, 0.25) is 0 Å². The van der Waals surface area contributed by atoms with Gasteiger partial charge in [0.1, 0.15) is 17.8 Å². The predicted octanol–water partition coefficient (Wildman–Crippen LogP) is 2.29. The normalized spacial score (nSPS) is 10.3. The number of amides is 1. The molecule has 0 atom stereocenters. The van der Waals surface area contributed by atoms with Gasteiger partial charge in [-0.05, 0) is 31.0 Å². The molecule has 0 fully saturated rings. The van der Waals surface area contributed by atoms with Crippen molar-refractivity contribution in [1.82, 2.24) is 15.3 Å². The number of hydrogen-bond acceptors (Lipinski definition) is 5. The molecule has 0 saturated carbocycles. The number of nitrogens with one attached hydrogen (secondary N) is 2. The van der Waals surface area contributed by atoms with Crippen LogP contribution >= 0.6 is 0 Å². The van der Waals surface area contributed by atoms with Crippen molar-refractivity contribution in [1.29, 1.82) is 0 Å². The second-order valence-corrected chi connectivity index (χ2v) is 4.89. The van der Waals surface area contributed by atoms with E-state index in [1.807, 2.05) is 31.2 Å². The molecule has 0 unspecified atom stereocenters. The molecule has 1 aromatic heterocycles. The van der Waals surface area contributed by atoms with Gasteiger partial charge in [-0.2, -0.15) is 0 Å². The highest BCUT2D eigenvalue weighted by Gasteiger charge is 2.08. The van der Waals surface area contributed by atoms with Crippen LogP contribution in [0, 0.1) is 6.92 Å². The second kappa shape index (κ2) is 8.09. The quantitative estimate of drug-likeness (QED) is 0.767. The Balaban J connectivity index is 1.98. The minimum Gasteiger partial charge on any atom is -0.385 e. The summed E-state index contributed by atoms with van der Waals surface area (Å²) in [6.45, 7) is 3.19. The summed E-state index contributed by atoms with van der Waals surface area (Å²) in [6, 6.07) is 9.56. The van der Waals surface area contributed by atoms with E-state index in [1.54, 1.807) is 13.2 Å². The second-order valence-electron chi connectivity index (χ2n) is 4.89. The molecule has 1 amide bonds. The Hall–Kier alpha value is -2.47. The summed E-state index contributed by atoms with van der Waals surface area (Å²) in [4.78, 5) is 20.1. The van der Waals surface area contributed by atoms with Crippen LogP contribution in [0.1, 0.15) is 22.5 Å². The van der Waals surface area contributed by atoms with E-state index in [2.05, 4.69) is 20.6 Å². The van der Waals surface area contributed by atoms with E-state index >= 15 is 0 Å². The number of methoxy groups -OCH3 is 1. The SMILES string of the molecule is COCCCNC(=O)c1cc(Nc2cccc(C)c2)ncn1. The summed E-state index contributed by atoms with van der Waals surface area (Å²) in [5.74, 6) is 0.369. The van der Waals surface area contributed by atoms with Crippen LogP contribution < -0.4 is 10.6 Å². The molecular formula is C16H20N4O2. The number of rotatable bonds is 7. The van der Waals surface area contributed by atoms with Gasteiger partial charge in [0.2, 0.25) is 0 Å².